The highest BCUT2D eigenvalue weighted by molar-refractivity contribution is 6.06. The van der Waals surface area contributed by atoms with Gasteiger partial charge in [-0.15, -0.1) is 0 Å². The average molecular weight is 199 g/mol. The third-order valence-electron chi connectivity index (χ3n) is 3.03. The molecule has 1 aliphatic heterocycles. The van der Waals surface area contributed by atoms with Crippen LogP contribution < -0.4 is 11.5 Å². The molecular weight excluding hydrogens is 182 g/mol. The molecule has 0 bridgehead atoms. The number of amides is 1. The van der Waals surface area contributed by atoms with Gasteiger partial charge < -0.3 is 16.4 Å². The average Bonchev–Trinajstić information content (AvgIpc) is 2.18. The molecule has 0 aromatic heterocycles. The van der Waals surface area contributed by atoms with Crippen LogP contribution in [-0.4, -0.2) is 43.3 Å². The molecule has 0 unspecified atom stereocenters. The van der Waals surface area contributed by atoms with Crippen LogP contribution in [0.2, 0.25) is 0 Å². The van der Waals surface area contributed by atoms with E-state index < -0.39 is 11.3 Å². The van der Waals surface area contributed by atoms with Gasteiger partial charge >= 0.3 is 0 Å². The number of nitrogens with zero attached hydrogens (tertiary/aromatic N) is 1. The van der Waals surface area contributed by atoms with E-state index in [9.17, 15) is 9.59 Å². The summed E-state index contributed by atoms with van der Waals surface area (Å²) in [5.41, 5.74) is 9.58. The van der Waals surface area contributed by atoms with E-state index in [0.717, 1.165) is 0 Å². The van der Waals surface area contributed by atoms with Crippen LogP contribution in [-0.2, 0) is 9.59 Å². The highest BCUT2D eigenvalue weighted by atomic mass is 16.2. The Morgan fingerprint density at radius 2 is 1.86 bits per heavy atom. The fraction of sp³-hybridized carbons (Fsp3) is 0.778. The van der Waals surface area contributed by atoms with Crippen molar-refractivity contribution in [2.75, 3.05) is 26.7 Å². The van der Waals surface area contributed by atoms with Crippen LogP contribution in [0.5, 0.6) is 0 Å². The molecule has 1 rings (SSSR count). The molecule has 5 heteroatoms. The van der Waals surface area contributed by atoms with Crippen molar-refractivity contribution < 1.29 is 9.59 Å². The predicted molar refractivity (Wildman–Crippen MR) is 52.4 cm³/mol. The monoisotopic (exact) mass is 199 g/mol. The van der Waals surface area contributed by atoms with Crippen LogP contribution in [0.15, 0.2) is 0 Å². The lowest BCUT2D eigenvalue weighted by Crippen LogP contribution is -2.52. The van der Waals surface area contributed by atoms with Gasteiger partial charge in [0, 0.05) is 0 Å². The van der Waals surface area contributed by atoms with Gasteiger partial charge in [-0.1, -0.05) is 0 Å². The number of hydrogen-bond acceptors (Lipinski definition) is 4. The van der Waals surface area contributed by atoms with Crippen LogP contribution in [0.1, 0.15) is 12.8 Å². The van der Waals surface area contributed by atoms with Gasteiger partial charge in [-0.25, -0.2) is 0 Å². The molecule has 80 valence electrons. The van der Waals surface area contributed by atoms with E-state index >= 15 is 0 Å². The number of rotatable bonds is 3. The summed E-state index contributed by atoms with van der Waals surface area (Å²) >= 11 is 0. The van der Waals surface area contributed by atoms with Crippen LogP contribution >= 0.6 is 0 Å². The van der Waals surface area contributed by atoms with Crippen molar-refractivity contribution in [3.63, 3.8) is 0 Å². The quantitative estimate of drug-likeness (QED) is 0.553. The minimum absolute atomic E-state index is 0.105. The summed E-state index contributed by atoms with van der Waals surface area (Å²) in [7, 11) is 1.96. The summed E-state index contributed by atoms with van der Waals surface area (Å²) in [6.07, 6.45) is 0.990. The Labute approximate surface area is 83.4 Å². The van der Waals surface area contributed by atoms with Gasteiger partial charge in [0.1, 0.15) is 5.41 Å². The second-order valence-electron chi connectivity index (χ2n) is 3.88. The highest BCUT2D eigenvalue weighted by Gasteiger charge is 2.44. The van der Waals surface area contributed by atoms with Crippen LogP contribution in [0.3, 0.4) is 0 Å². The Balaban J connectivity index is 2.84. The number of carbonyl (C=O) groups is 2. The summed E-state index contributed by atoms with van der Waals surface area (Å²) in [6, 6.07) is 0. The predicted octanol–water partition coefficient (Wildman–Crippen LogP) is -1.29. The van der Waals surface area contributed by atoms with Crippen molar-refractivity contribution >= 4 is 11.7 Å². The fourth-order valence-electron chi connectivity index (χ4n) is 1.86. The Morgan fingerprint density at radius 1 is 1.36 bits per heavy atom. The van der Waals surface area contributed by atoms with Crippen molar-refractivity contribution in [3.8, 4) is 0 Å². The SMILES string of the molecule is CN1CCC(C(N)=O)(C(=O)CN)CC1. The van der Waals surface area contributed by atoms with Crippen molar-refractivity contribution in [3.05, 3.63) is 0 Å². The molecule has 0 aromatic carbocycles. The first-order valence-corrected chi connectivity index (χ1v) is 4.75. The molecule has 0 spiro atoms. The third-order valence-corrected chi connectivity index (χ3v) is 3.03. The number of primary amides is 1. The van der Waals surface area contributed by atoms with Crippen LogP contribution in [0, 0.1) is 5.41 Å². The zero-order valence-electron chi connectivity index (χ0n) is 8.45. The number of nitrogens with two attached hydrogens (primary N) is 2. The molecule has 0 aliphatic carbocycles. The first-order chi connectivity index (χ1) is 6.53. The van der Waals surface area contributed by atoms with E-state index in [4.69, 9.17) is 11.5 Å². The Kier molecular flexibility index (Phi) is 3.23. The van der Waals surface area contributed by atoms with E-state index in [2.05, 4.69) is 4.90 Å². The van der Waals surface area contributed by atoms with E-state index in [1.807, 2.05) is 7.05 Å². The minimum Gasteiger partial charge on any atom is -0.369 e. The van der Waals surface area contributed by atoms with Gasteiger partial charge in [0.05, 0.1) is 6.54 Å². The van der Waals surface area contributed by atoms with Gasteiger partial charge in [0.15, 0.2) is 5.78 Å². The van der Waals surface area contributed by atoms with Gasteiger partial charge in [0.2, 0.25) is 5.91 Å². The summed E-state index contributed by atoms with van der Waals surface area (Å²) in [4.78, 5) is 25.0. The Hall–Kier alpha value is -0.940. The maximum absolute atomic E-state index is 11.6. The number of likely N-dealkylation sites (tertiary alicyclic amines) is 1. The summed E-state index contributed by atoms with van der Waals surface area (Å²) in [5, 5.41) is 0. The zero-order valence-corrected chi connectivity index (χ0v) is 8.45. The molecule has 0 aromatic rings. The molecule has 0 radical (unpaired) electrons. The number of piperidine rings is 1. The first-order valence-electron chi connectivity index (χ1n) is 4.75. The molecule has 1 amide bonds. The van der Waals surface area contributed by atoms with Crippen molar-refractivity contribution in [1.82, 2.24) is 4.90 Å². The van der Waals surface area contributed by atoms with Crippen LogP contribution in [0.25, 0.3) is 0 Å². The lowest BCUT2D eigenvalue weighted by Gasteiger charge is -2.36. The second kappa shape index (κ2) is 4.06. The van der Waals surface area contributed by atoms with E-state index in [1.54, 1.807) is 0 Å². The van der Waals surface area contributed by atoms with Gasteiger partial charge in [-0.3, -0.25) is 9.59 Å². The number of hydrogen-bond donors (Lipinski definition) is 2. The van der Waals surface area contributed by atoms with Gasteiger partial charge in [-0.05, 0) is 33.0 Å². The number of ketones is 1. The second-order valence-corrected chi connectivity index (χ2v) is 3.88. The van der Waals surface area contributed by atoms with E-state index in [0.29, 0.717) is 25.9 Å². The lowest BCUT2D eigenvalue weighted by molar-refractivity contribution is -0.142. The normalized spacial score (nSPS) is 21.9. The zero-order chi connectivity index (χ0) is 10.8. The Morgan fingerprint density at radius 3 is 2.21 bits per heavy atom. The lowest BCUT2D eigenvalue weighted by atomic mass is 9.74. The smallest absolute Gasteiger partial charge is 0.231 e. The maximum atomic E-state index is 11.6. The molecule has 0 saturated carbocycles. The van der Waals surface area contributed by atoms with Gasteiger partial charge in [-0.2, -0.15) is 0 Å². The number of carbonyl (C=O) groups excluding carboxylic acids is 2. The highest BCUT2D eigenvalue weighted by Crippen LogP contribution is 2.31. The van der Waals surface area contributed by atoms with Crippen molar-refractivity contribution in [1.29, 1.82) is 0 Å². The van der Waals surface area contributed by atoms with E-state index in [1.165, 1.54) is 0 Å². The van der Waals surface area contributed by atoms with Crippen LogP contribution in [0.4, 0.5) is 0 Å². The molecule has 1 fully saturated rings. The van der Waals surface area contributed by atoms with E-state index in [-0.39, 0.29) is 12.3 Å². The topological polar surface area (TPSA) is 89.4 Å². The Bertz CT molecular complexity index is 244. The molecule has 1 saturated heterocycles. The molecule has 14 heavy (non-hydrogen) atoms. The van der Waals surface area contributed by atoms with Crippen molar-refractivity contribution in [2.24, 2.45) is 16.9 Å². The maximum Gasteiger partial charge on any atom is 0.231 e. The largest absolute Gasteiger partial charge is 0.369 e. The van der Waals surface area contributed by atoms with Crippen molar-refractivity contribution in [2.45, 2.75) is 12.8 Å². The number of Topliss-reactive ketones (excluding diaryl/α,β-unsaturated/α-hetero) is 1. The fourth-order valence-corrected chi connectivity index (χ4v) is 1.86. The summed E-state index contributed by atoms with van der Waals surface area (Å²) in [6.45, 7) is 1.33. The minimum atomic E-state index is -0.999. The molecule has 1 aliphatic rings. The molecule has 4 N–H and O–H groups in total. The summed E-state index contributed by atoms with van der Waals surface area (Å²) < 4.78 is 0. The first kappa shape index (κ1) is 11.1. The third kappa shape index (κ3) is 1.78. The molecular formula is C9H17N3O2. The van der Waals surface area contributed by atoms with Gasteiger partial charge in [0.25, 0.3) is 0 Å². The summed E-state index contributed by atoms with van der Waals surface area (Å²) in [5.74, 6) is -0.751. The molecule has 0 atom stereocenters. The molecule has 5 nitrogen and oxygen atoms in total. The molecule has 1 heterocycles. The standard InChI is InChI=1S/C9H17N3O2/c1-12-4-2-9(3-5-12,8(11)14)7(13)6-10/h2-6,10H2,1H3,(H2,11,14).